The van der Waals surface area contributed by atoms with Crippen LogP contribution < -0.4 is 9.47 Å². The molecule has 1 unspecified atom stereocenters. The summed E-state index contributed by atoms with van der Waals surface area (Å²) in [4.78, 5) is 19.3. The minimum Gasteiger partial charge on any atom is -0.497 e. The number of rotatable bonds is 5. The van der Waals surface area contributed by atoms with Crippen LogP contribution in [-0.2, 0) is 0 Å². The van der Waals surface area contributed by atoms with E-state index in [9.17, 15) is 4.79 Å². The van der Waals surface area contributed by atoms with E-state index in [-0.39, 0.29) is 11.9 Å². The van der Waals surface area contributed by atoms with E-state index in [1.807, 2.05) is 35.2 Å². The minimum absolute atomic E-state index is 0.00127. The molecule has 7 nitrogen and oxygen atoms in total. The second kappa shape index (κ2) is 7.95. The van der Waals surface area contributed by atoms with Crippen LogP contribution in [0.15, 0.2) is 47.0 Å². The molecule has 1 aliphatic heterocycles. The fourth-order valence-corrected chi connectivity index (χ4v) is 3.76. The lowest BCUT2D eigenvalue weighted by Gasteiger charge is -2.26. The molecule has 2 heterocycles. The molecule has 2 aromatic carbocycles. The number of hydrogen-bond acceptors (Lipinski definition) is 6. The van der Waals surface area contributed by atoms with Crippen LogP contribution in [0.1, 0.15) is 40.6 Å². The number of carbonyl (C=O) groups is 1. The number of ether oxygens (including phenoxy) is 2. The molecule has 29 heavy (non-hydrogen) atoms. The lowest BCUT2D eigenvalue weighted by Crippen LogP contribution is -2.30. The van der Waals surface area contributed by atoms with Crippen molar-refractivity contribution in [2.75, 3.05) is 20.8 Å². The number of aryl methyl sites for hydroxylation is 1. The summed E-state index contributed by atoms with van der Waals surface area (Å²) in [5, 5.41) is 3.80. The van der Waals surface area contributed by atoms with Gasteiger partial charge in [-0.1, -0.05) is 5.16 Å². The van der Waals surface area contributed by atoms with E-state index < -0.39 is 0 Å². The minimum atomic E-state index is -0.0263. The summed E-state index contributed by atoms with van der Waals surface area (Å²) in [5.41, 5.74) is 2.42. The fraction of sp³-hybridized carbons (Fsp3) is 0.318. The van der Waals surface area contributed by atoms with Gasteiger partial charge in [-0.05, 0) is 56.2 Å². The van der Waals surface area contributed by atoms with Crippen LogP contribution in [0.3, 0.4) is 0 Å². The van der Waals surface area contributed by atoms with Gasteiger partial charge in [0.15, 0.2) is 5.82 Å². The second-order valence-electron chi connectivity index (χ2n) is 6.99. The summed E-state index contributed by atoms with van der Waals surface area (Å²) in [6, 6.07) is 13.0. The Morgan fingerprint density at radius 2 is 1.93 bits per heavy atom. The van der Waals surface area contributed by atoms with Crippen molar-refractivity contribution in [2.24, 2.45) is 0 Å². The van der Waals surface area contributed by atoms with Gasteiger partial charge in [-0.2, -0.15) is 4.98 Å². The Hall–Kier alpha value is -3.35. The normalized spacial score (nSPS) is 16.1. The van der Waals surface area contributed by atoms with Crippen molar-refractivity contribution in [1.29, 1.82) is 0 Å². The maximum Gasteiger partial charge on any atom is 0.257 e. The lowest BCUT2D eigenvalue weighted by atomic mass is 10.0. The Morgan fingerprint density at radius 3 is 2.59 bits per heavy atom. The predicted octanol–water partition coefficient (Wildman–Crippen LogP) is 4.04. The smallest absolute Gasteiger partial charge is 0.257 e. The van der Waals surface area contributed by atoms with E-state index in [4.69, 9.17) is 14.0 Å². The zero-order valence-corrected chi connectivity index (χ0v) is 16.7. The largest absolute Gasteiger partial charge is 0.497 e. The van der Waals surface area contributed by atoms with Crippen LogP contribution in [0.4, 0.5) is 0 Å². The molecule has 4 rings (SSSR count). The number of carbonyl (C=O) groups excluding carboxylic acids is 1. The summed E-state index contributed by atoms with van der Waals surface area (Å²) in [5.74, 6) is 2.49. The van der Waals surface area contributed by atoms with Crippen molar-refractivity contribution >= 4 is 5.91 Å². The summed E-state index contributed by atoms with van der Waals surface area (Å²) in [6.45, 7) is 2.48. The zero-order valence-electron chi connectivity index (χ0n) is 16.7. The summed E-state index contributed by atoms with van der Waals surface area (Å²) in [7, 11) is 3.26. The van der Waals surface area contributed by atoms with E-state index in [0.717, 1.165) is 35.5 Å². The van der Waals surface area contributed by atoms with Gasteiger partial charge < -0.3 is 18.9 Å². The number of hydrogen-bond donors (Lipinski definition) is 0. The van der Waals surface area contributed by atoms with Gasteiger partial charge >= 0.3 is 0 Å². The highest BCUT2D eigenvalue weighted by molar-refractivity contribution is 5.95. The monoisotopic (exact) mass is 393 g/mol. The Bertz CT molecular complexity index is 1010. The first kappa shape index (κ1) is 19.0. The Morgan fingerprint density at radius 1 is 1.14 bits per heavy atom. The molecule has 1 atom stereocenters. The van der Waals surface area contributed by atoms with E-state index in [0.29, 0.717) is 23.8 Å². The third-order valence-corrected chi connectivity index (χ3v) is 5.22. The van der Waals surface area contributed by atoms with Crippen molar-refractivity contribution in [3.05, 3.63) is 59.4 Å². The standard InChI is InChI=1S/C22H23N3O4/c1-14-23-21(29-24-14)15-6-8-16(9-7-15)22(26)25-12-4-5-19(25)18-11-10-17(27-2)13-20(18)28-3/h6-11,13,19H,4-5,12H2,1-3H3. The van der Waals surface area contributed by atoms with Crippen LogP contribution in [-0.4, -0.2) is 41.7 Å². The van der Waals surface area contributed by atoms with Crippen molar-refractivity contribution in [1.82, 2.24) is 15.0 Å². The number of benzene rings is 2. The van der Waals surface area contributed by atoms with Crippen molar-refractivity contribution < 1.29 is 18.8 Å². The maximum absolute atomic E-state index is 13.2. The average Bonchev–Trinajstić information content (AvgIpc) is 3.42. The molecule has 0 saturated carbocycles. The highest BCUT2D eigenvalue weighted by Crippen LogP contribution is 2.39. The number of aromatic nitrogens is 2. The average molecular weight is 393 g/mol. The number of likely N-dealkylation sites (tertiary alicyclic amines) is 1. The molecule has 1 aromatic heterocycles. The topological polar surface area (TPSA) is 77.7 Å². The van der Waals surface area contributed by atoms with Gasteiger partial charge in [0.1, 0.15) is 11.5 Å². The van der Waals surface area contributed by atoms with Gasteiger partial charge in [-0.15, -0.1) is 0 Å². The van der Waals surface area contributed by atoms with Crippen LogP contribution in [0.2, 0.25) is 0 Å². The zero-order chi connectivity index (χ0) is 20.4. The lowest BCUT2D eigenvalue weighted by molar-refractivity contribution is 0.0734. The molecule has 0 aliphatic carbocycles. The van der Waals surface area contributed by atoms with E-state index >= 15 is 0 Å². The van der Waals surface area contributed by atoms with Gasteiger partial charge in [0.2, 0.25) is 0 Å². The van der Waals surface area contributed by atoms with Crippen molar-refractivity contribution in [3.63, 3.8) is 0 Å². The highest BCUT2D eigenvalue weighted by atomic mass is 16.5. The van der Waals surface area contributed by atoms with Crippen LogP contribution in [0, 0.1) is 6.92 Å². The molecule has 0 bridgehead atoms. The van der Waals surface area contributed by atoms with Crippen LogP contribution >= 0.6 is 0 Å². The highest BCUT2D eigenvalue weighted by Gasteiger charge is 2.32. The molecule has 150 valence electrons. The first-order valence-corrected chi connectivity index (χ1v) is 9.54. The molecule has 0 radical (unpaired) electrons. The van der Waals surface area contributed by atoms with Crippen molar-refractivity contribution in [2.45, 2.75) is 25.8 Å². The van der Waals surface area contributed by atoms with Gasteiger partial charge in [0, 0.05) is 29.3 Å². The second-order valence-corrected chi connectivity index (χ2v) is 6.99. The first-order valence-electron chi connectivity index (χ1n) is 9.54. The summed E-state index contributed by atoms with van der Waals surface area (Å²) in [6.07, 6.45) is 1.85. The Kier molecular flexibility index (Phi) is 5.20. The summed E-state index contributed by atoms with van der Waals surface area (Å²) < 4.78 is 16.0. The molecule has 0 N–H and O–H groups in total. The fourth-order valence-electron chi connectivity index (χ4n) is 3.76. The number of amides is 1. The molecule has 1 fully saturated rings. The third kappa shape index (κ3) is 3.68. The number of methoxy groups -OCH3 is 2. The SMILES string of the molecule is COc1ccc(C2CCCN2C(=O)c2ccc(-c3nc(C)no3)cc2)c(OC)c1. The van der Waals surface area contributed by atoms with Crippen LogP contribution in [0.5, 0.6) is 11.5 Å². The molecule has 1 saturated heterocycles. The van der Waals surface area contributed by atoms with E-state index in [1.165, 1.54) is 0 Å². The molecular formula is C22H23N3O4. The van der Waals surface area contributed by atoms with E-state index in [2.05, 4.69) is 10.1 Å². The van der Waals surface area contributed by atoms with Crippen molar-refractivity contribution in [3.8, 4) is 23.0 Å². The molecule has 0 spiro atoms. The number of nitrogens with zero attached hydrogens (tertiary/aromatic N) is 3. The quantitative estimate of drug-likeness (QED) is 0.651. The Labute approximate surface area is 169 Å². The van der Waals surface area contributed by atoms with Gasteiger partial charge in [0.25, 0.3) is 11.8 Å². The molecule has 3 aromatic rings. The maximum atomic E-state index is 13.2. The van der Waals surface area contributed by atoms with E-state index in [1.54, 1.807) is 33.3 Å². The summed E-state index contributed by atoms with van der Waals surface area (Å²) >= 11 is 0. The van der Waals surface area contributed by atoms with Crippen LogP contribution in [0.25, 0.3) is 11.5 Å². The van der Waals surface area contributed by atoms with Gasteiger partial charge in [-0.3, -0.25) is 4.79 Å². The van der Waals surface area contributed by atoms with Gasteiger partial charge in [-0.25, -0.2) is 0 Å². The van der Waals surface area contributed by atoms with Gasteiger partial charge in [0.05, 0.1) is 20.3 Å². The Balaban J connectivity index is 1.58. The first-order chi connectivity index (χ1) is 14.1. The molecular weight excluding hydrogens is 370 g/mol. The molecule has 7 heteroatoms. The predicted molar refractivity (Wildman–Crippen MR) is 107 cm³/mol. The molecule has 1 amide bonds. The molecule has 1 aliphatic rings. The third-order valence-electron chi connectivity index (χ3n) is 5.22.